The molecule has 1 aromatic carbocycles. The largest absolute Gasteiger partial charge is 0.480 e. The third-order valence-electron chi connectivity index (χ3n) is 3.38. The maximum atomic E-state index is 12.1. The average Bonchev–Trinajstić information content (AvgIpc) is 2.45. The van der Waals surface area contributed by atoms with Crippen molar-refractivity contribution in [1.29, 1.82) is 0 Å². The molecule has 0 fully saturated rings. The number of aliphatic imine (C=N–C) groups is 1. The minimum Gasteiger partial charge on any atom is -0.480 e. The molecule has 108 valence electrons. The molecule has 1 aliphatic heterocycles. The van der Waals surface area contributed by atoms with Gasteiger partial charge < -0.3 is 9.64 Å². The van der Waals surface area contributed by atoms with E-state index in [1.807, 2.05) is 36.9 Å². The molecule has 1 atom stereocenters. The van der Waals surface area contributed by atoms with Gasteiger partial charge in [-0.1, -0.05) is 30.3 Å². The minimum atomic E-state index is -0.318. The quantitative estimate of drug-likeness (QED) is 0.826. The molecule has 0 N–H and O–H groups in total. The molecule has 1 amide bonds. The lowest BCUT2D eigenvalue weighted by atomic mass is 10.1. The summed E-state index contributed by atoms with van der Waals surface area (Å²) in [6, 6.07) is 10.0. The Morgan fingerprint density at radius 2 is 2.10 bits per heavy atom. The molecule has 0 bridgehead atoms. The Hall–Kier alpha value is -1.84. The van der Waals surface area contributed by atoms with Gasteiger partial charge in [-0.25, -0.2) is 4.99 Å². The summed E-state index contributed by atoms with van der Waals surface area (Å²) in [5, 5.41) is 0. The minimum absolute atomic E-state index is 0.0986. The fraction of sp³-hybridized carbons (Fsp3) is 0.500. The molecule has 1 aliphatic rings. The predicted molar refractivity (Wildman–Crippen MR) is 79.9 cm³/mol. The molecule has 2 rings (SSSR count). The molecule has 0 radical (unpaired) electrons. The number of amides is 1. The Morgan fingerprint density at radius 1 is 1.35 bits per heavy atom. The molecule has 0 unspecified atom stereocenters. The van der Waals surface area contributed by atoms with Gasteiger partial charge in [0.05, 0.1) is 13.2 Å². The molecule has 0 saturated carbocycles. The fourth-order valence-corrected chi connectivity index (χ4v) is 2.37. The molecule has 20 heavy (non-hydrogen) atoms. The van der Waals surface area contributed by atoms with Crippen LogP contribution in [0.5, 0.6) is 0 Å². The standard InChI is InChI=1S/C16H22N2O2/c1-3-20-15-12-18(16(19)13(2)17-15)11-7-10-14-8-5-4-6-9-14/h4-6,8-9,13H,3,7,10-12H2,1-2H3/t13-/m0/s1. The van der Waals surface area contributed by atoms with E-state index in [1.54, 1.807) is 0 Å². The van der Waals surface area contributed by atoms with Crippen molar-refractivity contribution in [2.75, 3.05) is 19.7 Å². The van der Waals surface area contributed by atoms with Crippen LogP contribution in [0.3, 0.4) is 0 Å². The third-order valence-corrected chi connectivity index (χ3v) is 3.38. The van der Waals surface area contributed by atoms with Gasteiger partial charge in [-0.3, -0.25) is 4.79 Å². The Kier molecular flexibility index (Phi) is 5.16. The molecule has 1 heterocycles. The summed E-state index contributed by atoms with van der Waals surface area (Å²) in [6.07, 6.45) is 1.95. The van der Waals surface area contributed by atoms with Crippen LogP contribution in [0.2, 0.25) is 0 Å². The molecule has 0 aromatic heterocycles. The van der Waals surface area contributed by atoms with Crippen LogP contribution in [0.4, 0.5) is 0 Å². The summed E-state index contributed by atoms with van der Waals surface area (Å²) in [4.78, 5) is 18.2. The summed E-state index contributed by atoms with van der Waals surface area (Å²) in [5.74, 6) is 0.779. The van der Waals surface area contributed by atoms with Crippen molar-refractivity contribution >= 4 is 11.8 Å². The monoisotopic (exact) mass is 274 g/mol. The van der Waals surface area contributed by atoms with Crippen LogP contribution in [-0.4, -0.2) is 42.4 Å². The van der Waals surface area contributed by atoms with E-state index < -0.39 is 0 Å². The van der Waals surface area contributed by atoms with E-state index in [-0.39, 0.29) is 11.9 Å². The van der Waals surface area contributed by atoms with Crippen LogP contribution in [0, 0.1) is 0 Å². The Morgan fingerprint density at radius 3 is 2.80 bits per heavy atom. The highest BCUT2D eigenvalue weighted by Crippen LogP contribution is 2.10. The lowest BCUT2D eigenvalue weighted by molar-refractivity contribution is -0.132. The van der Waals surface area contributed by atoms with Gasteiger partial charge in [0.2, 0.25) is 11.8 Å². The van der Waals surface area contributed by atoms with Crippen LogP contribution in [0.25, 0.3) is 0 Å². The zero-order valence-corrected chi connectivity index (χ0v) is 12.2. The molecule has 4 nitrogen and oxygen atoms in total. The van der Waals surface area contributed by atoms with Crippen LogP contribution >= 0.6 is 0 Å². The van der Waals surface area contributed by atoms with Gasteiger partial charge >= 0.3 is 0 Å². The van der Waals surface area contributed by atoms with E-state index >= 15 is 0 Å². The van der Waals surface area contributed by atoms with Crippen molar-refractivity contribution in [3.63, 3.8) is 0 Å². The van der Waals surface area contributed by atoms with Gasteiger partial charge in [0.15, 0.2) is 0 Å². The molecule has 1 aromatic rings. The van der Waals surface area contributed by atoms with Crippen molar-refractivity contribution in [1.82, 2.24) is 4.90 Å². The molecular weight excluding hydrogens is 252 g/mol. The summed E-state index contributed by atoms with van der Waals surface area (Å²) in [5.41, 5.74) is 1.31. The Labute approximate surface area is 120 Å². The van der Waals surface area contributed by atoms with E-state index in [0.717, 1.165) is 19.4 Å². The maximum Gasteiger partial charge on any atom is 0.247 e. The second kappa shape index (κ2) is 7.08. The third kappa shape index (κ3) is 3.83. The number of nitrogens with zero attached hydrogens (tertiary/aromatic N) is 2. The van der Waals surface area contributed by atoms with Gasteiger partial charge in [-0.15, -0.1) is 0 Å². The van der Waals surface area contributed by atoms with Crippen molar-refractivity contribution in [3.8, 4) is 0 Å². The van der Waals surface area contributed by atoms with Crippen LogP contribution < -0.4 is 0 Å². The molecule has 0 aliphatic carbocycles. The summed E-state index contributed by atoms with van der Waals surface area (Å²) in [7, 11) is 0. The molecular formula is C16H22N2O2. The first kappa shape index (κ1) is 14.6. The number of ether oxygens (including phenoxy) is 1. The van der Waals surface area contributed by atoms with E-state index in [2.05, 4.69) is 17.1 Å². The van der Waals surface area contributed by atoms with Crippen LogP contribution in [0.15, 0.2) is 35.3 Å². The average molecular weight is 274 g/mol. The number of carbonyl (C=O) groups is 1. The first-order valence-electron chi connectivity index (χ1n) is 7.23. The normalized spacial score (nSPS) is 18.9. The smallest absolute Gasteiger partial charge is 0.247 e. The topological polar surface area (TPSA) is 41.9 Å². The zero-order chi connectivity index (χ0) is 14.4. The summed E-state index contributed by atoms with van der Waals surface area (Å²) < 4.78 is 5.45. The number of carbonyl (C=O) groups excluding carboxylic acids is 1. The lowest BCUT2D eigenvalue weighted by Gasteiger charge is -2.29. The van der Waals surface area contributed by atoms with Gasteiger partial charge in [0.1, 0.15) is 6.04 Å². The second-order valence-electron chi connectivity index (χ2n) is 4.98. The first-order chi connectivity index (χ1) is 9.70. The summed E-state index contributed by atoms with van der Waals surface area (Å²) in [6.45, 7) is 5.61. The maximum absolute atomic E-state index is 12.1. The van der Waals surface area contributed by atoms with Crippen molar-refractivity contribution < 1.29 is 9.53 Å². The lowest BCUT2D eigenvalue weighted by Crippen LogP contribution is -2.46. The van der Waals surface area contributed by atoms with Crippen LogP contribution in [-0.2, 0) is 16.0 Å². The number of benzene rings is 1. The first-order valence-corrected chi connectivity index (χ1v) is 7.23. The number of hydrogen-bond acceptors (Lipinski definition) is 3. The molecule has 4 heteroatoms. The van der Waals surface area contributed by atoms with Crippen molar-refractivity contribution in [3.05, 3.63) is 35.9 Å². The van der Waals surface area contributed by atoms with E-state index in [0.29, 0.717) is 19.0 Å². The van der Waals surface area contributed by atoms with Crippen molar-refractivity contribution in [2.45, 2.75) is 32.7 Å². The highest BCUT2D eigenvalue weighted by molar-refractivity contribution is 5.93. The Balaban J connectivity index is 1.86. The van der Waals surface area contributed by atoms with Gasteiger partial charge in [0, 0.05) is 6.54 Å². The zero-order valence-electron chi connectivity index (χ0n) is 12.2. The van der Waals surface area contributed by atoms with E-state index in [9.17, 15) is 4.79 Å². The molecule has 0 saturated heterocycles. The SMILES string of the molecule is CCOC1=N[C@@H](C)C(=O)N(CCCc2ccccc2)C1. The van der Waals surface area contributed by atoms with Crippen LogP contribution in [0.1, 0.15) is 25.8 Å². The van der Waals surface area contributed by atoms with Gasteiger partial charge in [-0.2, -0.15) is 0 Å². The predicted octanol–water partition coefficient (Wildman–Crippen LogP) is 2.28. The number of aryl methyl sites for hydroxylation is 1. The second-order valence-corrected chi connectivity index (χ2v) is 4.98. The van der Waals surface area contributed by atoms with Crippen molar-refractivity contribution in [2.24, 2.45) is 4.99 Å². The van der Waals surface area contributed by atoms with Gasteiger partial charge in [0.25, 0.3) is 0 Å². The molecule has 0 spiro atoms. The highest BCUT2D eigenvalue weighted by Gasteiger charge is 2.27. The Bertz CT molecular complexity index is 471. The van der Waals surface area contributed by atoms with E-state index in [4.69, 9.17) is 4.74 Å². The number of rotatable bonds is 5. The summed E-state index contributed by atoms with van der Waals surface area (Å²) >= 11 is 0. The highest BCUT2D eigenvalue weighted by atomic mass is 16.5. The van der Waals surface area contributed by atoms with E-state index in [1.165, 1.54) is 5.56 Å². The van der Waals surface area contributed by atoms with Gasteiger partial charge in [-0.05, 0) is 32.3 Å². The fourth-order valence-electron chi connectivity index (χ4n) is 2.37. The number of hydrogen-bond donors (Lipinski definition) is 0.